The van der Waals surface area contributed by atoms with Gasteiger partial charge in [0.05, 0.1) is 58.2 Å². The van der Waals surface area contributed by atoms with Crippen molar-refractivity contribution >= 4 is 13.7 Å². The highest BCUT2D eigenvalue weighted by atomic mass is 31.2. The fourth-order valence-corrected chi connectivity index (χ4v) is 7.44. The van der Waals surface area contributed by atoms with Gasteiger partial charge in [-0.05, 0) is 38.5 Å². The molecular weight excluding hydrogens is 747 g/mol. The number of quaternary nitrogens is 1. The summed E-state index contributed by atoms with van der Waals surface area (Å²) in [6, 6.07) is -0.992. The fourth-order valence-electron chi connectivity index (χ4n) is 6.72. The number of likely N-dealkylation sites (N-methyl/N-ethyl adjacent to an activating group) is 1. The lowest BCUT2D eigenvalue weighted by Crippen LogP contribution is -2.45. The summed E-state index contributed by atoms with van der Waals surface area (Å²) in [6.07, 6.45) is 28.0. The monoisotopic (exact) mass is 831 g/mol. The van der Waals surface area contributed by atoms with Crippen LogP contribution in [0.3, 0.4) is 0 Å². The summed E-state index contributed by atoms with van der Waals surface area (Å²) >= 11 is 0. The van der Waals surface area contributed by atoms with Crippen molar-refractivity contribution in [3.63, 3.8) is 0 Å². The molecule has 0 bridgehead atoms. The molecule has 1 aliphatic heterocycles. The van der Waals surface area contributed by atoms with Crippen molar-refractivity contribution in [1.82, 2.24) is 5.32 Å². The number of hydrogen-bond acceptors (Lipinski definition) is 10. The number of carbonyl (C=O) groups excluding carboxylic acids is 1. The van der Waals surface area contributed by atoms with E-state index in [0.29, 0.717) is 36.7 Å². The number of amides is 1. The highest BCUT2D eigenvalue weighted by Gasteiger charge is 2.35. The predicted octanol–water partition coefficient (Wildman–Crippen LogP) is 7.39. The first-order valence-corrected chi connectivity index (χ1v) is 23.7. The van der Waals surface area contributed by atoms with Gasteiger partial charge in [-0.2, -0.15) is 0 Å². The molecule has 5 N–H and O–H groups in total. The van der Waals surface area contributed by atoms with Crippen LogP contribution in [0.4, 0.5) is 0 Å². The summed E-state index contributed by atoms with van der Waals surface area (Å²) in [6.45, 7) is 4.28. The number of unbranched alkanes of at least 4 members (excludes halogenated alkanes) is 15. The number of nitrogens with one attached hydrogen (secondary N) is 1. The molecule has 0 spiro atoms. The summed E-state index contributed by atoms with van der Waals surface area (Å²) in [5.41, 5.74) is 0. The Morgan fingerprint density at radius 3 is 2.07 bits per heavy atom. The van der Waals surface area contributed by atoms with E-state index >= 15 is 0 Å². The summed E-state index contributed by atoms with van der Waals surface area (Å²) in [7, 11) is 1.09. The number of carbonyl (C=O) groups is 1. The number of aliphatic hydroxyl groups excluding tert-OH is 4. The lowest BCUT2D eigenvalue weighted by Gasteiger charge is -2.36. The third kappa shape index (κ3) is 29.4. The second kappa shape index (κ2) is 32.3. The molecule has 1 saturated heterocycles. The van der Waals surface area contributed by atoms with Gasteiger partial charge < -0.3 is 48.9 Å². The third-order valence-electron chi connectivity index (χ3n) is 10.4. The van der Waals surface area contributed by atoms with E-state index in [2.05, 4.69) is 19.2 Å². The number of phosphoric ester groups is 1. The Labute approximate surface area is 346 Å². The van der Waals surface area contributed by atoms with E-state index in [9.17, 15) is 34.7 Å². The normalized spacial score (nSPS) is 22.0. The maximum atomic E-state index is 13.0. The van der Waals surface area contributed by atoms with E-state index in [1.165, 1.54) is 64.2 Å². The van der Waals surface area contributed by atoms with Crippen LogP contribution < -0.4 is 10.2 Å². The second-order valence-electron chi connectivity index (χ2n) is 16.9. The van der Waals surface area contributed by atoms with E-state index < -0.39 is 51.2 Å². The van der Waals surface area contributed by atoms with Crippen LogP contribution in [-0.2, 0) is 23.1 Å². The van der Waals surface area contributed by atoms with Gasteiger partial charge in [-0.1, -0.05) is 140 Å². The number of hydrogen-bond donors (Lipinski definition) is 5. The molecule has 0 aromatic carbocycles. The van der Waals surface area contributed by atoms with Gasteiger partial charge in [-0.15, -0.1) is 0 Å². The maximum absolute atomic E-state index is 13.0. The molecule has 334 valence electrons. The molecule has 0 aromatic heterocycles. The number of aliphatic hydroxyl groups is 4. The molecule has 1 amide bonds. The number of phosphoric acid groups is 1. The lowest BCUT2D eigenvalue weighted by molar-refractivity contribution is -0.870. The Kier molecular flexibility index (Phi) is 30.4. The topological polar surface area (TPSA) is 178 Å². The highest BCUT2D eigenvalue weighted by molar-refractivity contribution is 7.45. The van der Waals surface area contributed by atoms with Gasteiger partial charge in [0.2, 0.25) is 5.91 Å². The molecule has 1 fully saturated rings. The number of ether oxygens (including phenoxy) is 1. The van der Waals surface area contributed by atoms with Crippen LogP contribution in [0.2, 0.25) is 0 Å². The van der Waals surface area contributed by atoms with Gasteiger partial charge in [-0.3, -0.25) is 9.36 Å². The first-order valence-electron chi connectivity index (χ1n) is 22.2. The fraction of sp³-hybridized carbons (Fsp3) is 0.841. The van der Waals surface area contributed by atoms with Crippen LogP contribution in [0, 0.1) is 5.92 Å². The molecule has 0 saturated carbocycles. The zero-order valence-electron chi connectivity index (χ0n) is 36.3. The Hall–Kier alpha value is -1.44. The third-order valence-corrected chi connectivity index (χ3v) is 11.4. The van der Waals surface area contributed by atoms with Crippen LogP contribution in [0.25, 0.3) is 0 Å². The molecule has 8 atom stereocenters. The molecule has 0 radical (unpaired) electrons. The van der Waals surface area contributed by atoms with E-state index in [1.807, 2.05) is 39.4 Å². The molecule has 57 heavy (non-hydrogen) atoms. The standard InChI is InChI=1S/C44H83N2O10P/c1-6-8-10-11-12-13-14-15-16-17-18-19-20-25-29-40(48)39(36-55-57(52,53)54-34-33-46(3,4)5)45-43(50)30-26-22-21-24-28-38-41(49)35-44(51)56-42(38)32-31-37(47)27-23-9-7-2/h21,24-25,29,31-32,37-42,44,47-49,51H,6-20,22-23,26-28,30,33-36H2,1-5H3,(H-,45,50,52,53)/b24-21-,29-25+,32-31+/t37-,38-,39-,40+,41-,42+,44?/m0/s1. The van der Waals surface area contributed by atoms with Gasteiger partial charge in [-0.25, -0.2) is 0 Å². The van der Waals surface area contributed by atoms with Crippen molar-refractivity contribution in [3.05, 3.63) is 36.5 Å². The van der Waals surface area contributed by atoms with Crippen molar-refractivity contribution in [2.75, 3.05) is 40.9 Å². The Morgan fingerprint density at radius 2 is 1.44 bits per heavy atom. The minimum Gasteiger partial charge on any atom is -0.756 e. The molecular formula is C44H83N2O10P. The van der Waals surface area contributed by atoms with E-state index in [1.54, 1.807) is 18.2 Å². The zero-order valence-corrected chi connectivity index (χ0v) is 37.2. The van der Waals surface area contributed by atoms with Crippen molar-refractivity contribution < 1.29 is 52.9 Å². The summed E-state index contributed by atoms with van der Waals surface area (Å²) in [5.74, 6) is -0.638. The van der Waals surface area contributed by atoms with Crippen molar-refractivity contribution in [1.29, 1.82) is 0 Å². The molecule has 1 aliphatic rings. The largest absolute Gasteiger partial charge is 0.756 e. The smallest absolute Gasteiger partial charge is 0.268 e. The highest BCUT2D eigenvalue weighted by Crippen LogP contribution is 2.38. The summed E-state index contributed by atoms with van der Waals surface area (Å²) in [5, 5.41) is 44.8. The van der Waals surface area contributed by atoms with Gasteiger partial charge >= 0.3 is 0 Å². The average Bonchev–Trinajstić information content (AvgIpc) is 3.14. The van der Waals surface area contributed by atoms with Gasteiger partial charge in [0, 0.05) is 18.8 Å². The molecule has 0 aromatic rings. The van der Waals surface area contributed by atoms with E-state index in [0.717, 1.165) is 38.5 Å². The number of allylic oxidation sites excluding steroid dienone is 3. The van der Waals surface area contributed by atoms with Crippen LogP contribution >= 0.6 is 7.82 Å². The number of rotatable bonds is 35. The van der Waals surface area contributed by atoms with Crippen LogP contribution in [-0.4, -0.2) is 108 Å². The molecule has 1 rings (SSSR count). The molecule has 0 aliphatic carbocycles. The van der Waals surface area contributed by atoms with Crippen LogP contribution in [0.5, 0.6) is 0 Å². The van der Waals surface area contributed by atoms with E-state index in [-0.39, 0.29) is 31.3 Å². The second-order valence-corrected chi connectivity index (χ2v) is 18.3. The quantitative estimate of drug-likeness (QED) is 0.0187. The van der Waals surface area contributed by atoms with Gasteiger partial charge in [0.25, 0.3) is 7.82 Å². The zero-order chi connectivity index (χ0) is 42.4. The first kappa shape index (κ1) is 53.6. The molecule has 13 heteroatoms. The minimum absolute atomic E-state index is 0.0510. The Balaban J connectivity index is 2.62. The van der Waals surface area contributed by atoms with Gasteiger partial charge in [0.1, 0.15) is 13.2 Å². The summed E-state index contributed by atoms with van der Waals surface area (Å²) < 4.78 is 28.8. The minimum atomic E-state index is -4.66. The molecule has 12 nitrogen and oxygen atoms in total. The van der Waals surface area contributed by atoms with Crippen molar-refractivity contribution in [2.45, 2.75) is 192 Å². The van der Waals surface area contributed by atoms with E-state index in [4.69, 9.17) is 13.8 Å². The SMILES string of the molecule is CCCCCCCCCCCCCC/C=C/[C@@H](O)[C@H](COP(=O)([O-])OCC[N+](C)(C)C)NC(=O)CCC/C=C\C[C@H]1[C@@H](O)CC(O)O[C@@H]1/C=C/[C@@H](O)CCCCC. The average molecular weight is 831 g/mol. The Morgan fingerprint density at radius 1 is 0.842 bits per heavy atom. The van der Waals surface area contributed by atoms with Crippen molar-refractivity contribution in [2.24, 2.45) is 5.92 Å². The van der Waals surface area contributed by atoms with Crippen LogP contribution in [0.15, 0.2) is 36.5 Å². The Bertz CT molecular complexity index is 1150. The molecule has 2 unspecified atom stereocenters. The molecule has 1 heterocycles. The summed E-state index contributed by atoms with van der Waals surface area (Å²) in [4.78, 5) is 25.5. The predicted molar refractivity (Wildman–Crippen MR) is 227 cm³/mol. The van der Waals surface area contributed by atoms with Crippen molar-refractivity contribution in [3.8, 4) is 0 Å². The maximum Gasteiger partial charge on any atom is 0.268 e. The van der Waals surface area contributed by atoms with Gasteiger partial charge in [0.15, 0.2) is 6.29 Å². The lowest BCUT2D eigenvalue weighted by atomic mass is 9.87. The number of nitrogens with zero attached hydrogens (tertiary/aromatic N) is 1. The van der Waals surface area contributed by atoms with Crippen LogP contribution in [0.1, 0.15) is 155 Å². The first-order chi connectivity index (χ1) is 27.2.